The van der Waals surface area contributed by atoms with Crippen molar-refractivity contribution in [2.24, 2.45) is 0 Å². The van der Waals surface area contributed by atoms with Crippen molar-refractivity contribution in [2.75, 3.05) is 0 Å². The minimum atomic E-state index is 0.660. The van der Waals surface area contributed by atoms with Crippen molar-refractivity contribution in [3.63, 3.8) is 0 Å². The molecule has 0 aliphatic carbocycles. The third-order valence-electron chi connectivity index (χ3n) is 21.0. The predicted molar refractivity (Wildman–Crippen MR) is 448 cm³/mol. The van der Waals surface area contributed by atoms with Crippen LogP contribution in [0.4, 0.5) is 0 Å². The lowest BCUT2D eigenvalue weighted by Gasteiger charge is -2.16. The molecule has 0 spiro atoms. The Bertz CT molecular complexity index is 7090. The molecule has 8 heteroatoms. The van der Waals surface area contributed by atoms with Crippen molar-refractivity contribution in [1.29, 1.82) is 0 Å². The van der Waals surface area contributed by atoms with Gasteiger partial charge in [-0.15, -0.1) is 22.7 Å². The molecule has 0 bridgehead atoms. The number of nitrogens with zero attached hydrogens (tertiary/aromatic N) is 6. The van der Waals surface area contributed by atoms with Gasteiger partial charge in [-0.3, -0.25) is 0 Å². The fourth-order valence-corrected chi connectivity index (χ4v) is 18.3. The van der Waals surface area contributed by atoms with E-state index in [0.717, 1.165) is 38.8 Å². The molecule has 0 amide bonds. The lowest BCUT2D eigenvalue weighted by Crippen LogP contribution is -2.00. The summed E-state index contributed by atoms with van der Waals surface area (Å²) in [6, 6.07) is 126. The zero-order chi connectivity index (χ0) is 69.8. The van der Waals surface area contributed by atoms with Gasteiger partial charge < -0.3 is 0 Å². The molecule has 6 nitrogen and oxygen atoms in total. The van der Waals surface area contributed by atoms with Gasteiger partial charge in [-0.25, -0.2) is 29.9 Å². The Kier molecular flexibility index (Phi) is 14.5. The molecule has 492 valence electrons. The summed E-state index contributed by atoms with van der Waals surface area (Å²) >= 11 is 3.62. The number of benzene rings is 18. The summed E-state index contributed by atoms with van der Waals surface area (Å²) in [5, 5.41) is 22.7. The van der Waals surface area contributed by atoms with E-state index in [2.05, 4.69) is 279 Å². The van der Waals surface area contributed by atoms with Gasteiger partial charge in [0.1, 0.15) is 0 Å². The van der Waals surface area contributed by atoms with Crippen LogP contribution in [0.15, 0.2) is 352 Å². The van der Waals surface area contributed by atoms with E-state index < -0.39 is 0 Å². The molecule has 0 radical (unpaired) electrons. The minimum Gasteiger partial charge on any atom is -0.208 e. The molecule has 0 saturated carbocycles. The number of fused-ring (bicyclic) bond motifs is 12. The van der Waals surface area contributed by atoms with Crippen molar-refractivity contribution in [3.05, 3.63) is 352 Å². The average molecular weight is 1380 g/mol. The largest absolute Gasteiger partial charge is 0.208 e. The molecule has 0 saturated heterocycles. The van der Waals surface area contributed by atoms with Gasteiger partial charge in [-0.2, -0.15) is 0 Å². The van der Waals surface area contributed by atoms with Crippen LogP contribution in [0.3, 0.4) is 0 Å². The summed E-state index contributed by atoms with van der Waals surface area (Å²) in [6.07, 6.45) is 0. The molecule has 0 unspecified atom stereocenters. The van der Waals surface area contributed by atoms with Gasteiger partial charge in [-0.1, -0.05) is 309 Å². The van der Waals surface area contributed by atoms with Crippen molar-refractivity contribution in [2.45, 2.75) is 0 Å². The normalized spacial score (nSPS) is 11.8. The second kappa shape index (κ2) is 25.2. The Morgan fingerprint density at radius 1 is 0.151 bits per heavy atom. The average Bonchev–Trinajstić information content (AvgIpc) is 0.745. The second-order valence-electron chi connectivity index (χ2n) is 27.1. The number of hydrogen-bond donors (Lipinski definition) is 0. The zero-order valence-electron chi connectivity index (χ0n) is 57.0. The van der Waals surface area contributed by atoms with Crippen LogP contribution < -0.4 is 0 Å². The number of rotatable bonds is 9. The summed E-state index contributed by atoms with van der Waals surface area (Å²) in [6.45, 7) is 0. The first-order chi connectivity index (χ1) is 52.5. The molecule has 0 aliphatic rings. The maximum absolute atomic E-state index is 5.11. The van der Waals surface area contributed by atoms with Gasteiger partial charge in [0, 0.05) is 73.7 Å². The molecular formula is C98H58N6S2. The molecule has 22 aromatic rings. The van der Waals surface area contributed by atoms with E-state index in [1.54, 1.807) is 0 Å². The van der Waals surface area contributed by atoms with Crippen molar-refractivity contribution < 1.29 is 0 Å². The van der Waals surface area contributed by atoms with Crippen LogP contribution in [0.2, 0.25) is 0 Å². The van der Waals surface area contributed by atoms with Crippen LogP contribution in [0.25, 0.3) is 217 Å². The molecule has 0 N–H and O–H groups in total. The fourth-order valence-electron chi connectivity index (χ4n) is 16.1. The molecule has 0 atom stereocenters. The highest BCUT2D eigenvalue weighted by Gasteiger charge is 2.23. The first-order valence-electron chi connectivity index (χ1n) is 35.7. The van der Waals surface area contributed by atoms with Crippen molar-refractivity contribution in [3.8, 4) is 102 Å². The number of thiophene rings is 2. The van der Waals surface area contributed by atoms with Crippen LogP contribution >= 0.6 is 22.7 Å². The highest BCUT2D eigenvalue weighted by molar-refractivity contribution is 7.26. The quantitative estimate of drug-likeness (QED) is 0.106. The first-order valence-corrected chi connectivity index (χ1v) is 37.3. The van der Waals surface area contributed by atoms with E-state index in [-0.39, 0.29) is 0 Å². The molecule has 18 aromatic carbocycles. The highest BCUT2D eigenvalue weighted by atomic mass is 32.1. The molecule has 106 heavy (non-hydrogen) atoms. The zero-order valence-corrected chi connectivity index (χ0v) is 58.6. The van der Waals surface area contributed by atoms with Gasteiger partial charge >= 0.3 is 0 Å². The van der Waals surface area contributed by atoms with E-state index in [9.17, 15) is 0 Å². The summed E-state index contributed by atoms with van der Waals surface area (Å²) in [4.78, 5) is 30.3. The smallest absolute Gasteiger partial charge is 0.164 e. The van der Waals surface area contributed by atoms with E-state index in [1.807, 2.05) is 95.5 Å². The summed E-state index contributed by atoms with van der Waals surface area (Å²) in [7, 11) is 0. The highest BCUT2D eigenvalue weighted by Crippen LogP contribution is 2.48. The minimum absolute atomic E-state index is 0.660. The Labute approximate surface area is 617 Å². The van der Waals surface area contributed by atoms with Crippen LogP contribution in [-0.2, 0) is 0 Å². The Morgan fingerprint density at radius 2 is 0.481 bits per heavy atom. The fraction of sp³-hybridized carbons (Fsp3) is 0. The third-order valence-corrected chi connectivity index (χ3v) is 23.3. The van der Waals surface area contributed by atoms with E-state index in [0.29, 0.717) is 34.9 Å². The van der Waals surface area contributed by atoms with Crippen LogP contribution in [0.5, 0.6) is 0 Å². The van der Waals surface area contributed by atoms with E-state index in [1.165, 1.54) is 144 Å². The van der Waals surface area contributed by atoms with Crippen LogP contribution in [-0.4, -0.2) is 29.9 Å². The standard InChI is InChI=1S/C51H31N3S.C47H27N3S/c1-3-13-34(14-4-1)49-52-50(35-15-5-2-6-16-35)54-51(53-49)43-20-11-21-47-48(43)45-31-37(26-29-46(45)55-47)40-28-27-39(41-18-9-10-19-42(40)41)36-25-24-33-23-22-32-12-7-8-17-38(32)44(33)30-36;1-3-11-29(12-4-1)45-48-46(30-13-5-2-6-14-30)50-47(49-45)38-21-10-22-41-44(38)39-27-31(23-26-40(39)51-41)32-24-25-37-35-18-8-16-28-15-7-17-34(42(28)35)36-20-9-19-33(32)43(36)37/h1-31H;1-27H. The summed E-state index contributed by atoms with van der Waals surface area (Å²) in [5.41, 5.74) is 13.1. The maximum Gasteiger partial charge on any atom is 0.164 e. The second-order valence-corrected chi connectivity index (χ2v) is 29.3. The Hall–Kier alpha value is -13.5. The Balaban J connectivity index is 0.000000137. The molecule has 0 aliphatic heterocycles. The van der Waals surface area contributed by atoms with E-state index in [4.69, 9.17) is 29.9 Å². The number of aromatic nitrogens is 6. The lowest BCUT2D eigenvalue weighted by atomic mass is 9.87. The number of hydrogen-bond acceptors (Lipinski definition) is 8. The molecule has 22 rings (SSSR count). The molecule has 0 fully saturated rings. The SMILES string of the molecule is c1ccc(-c2nc(-c3ccccc3)nc(-c3cccc4sc5ccc(-c6ccc(-c7ccc8ccc9ccccc9c8c7)c7ccccc67)cc5c34)n2)cc1.c1ccc(-c2nc(-c3ccccc3)nc(-c3cccc4sc5ccc(-c6ccc7c8cccc9cccc(c%10cccc6c%107)c98)cc5c34)n2)cc1. The summed E-state index contributed by atoms with van der Waals surface area (Å²) < 4.78 is 4.89. The van der Waals surface area contributed by atoms with Crippen LogP contribution in [0.1, 0.15) is 0 Å². The van der Waals surface area contributed by atoms with Gasteiger partial charge in [0.05, 0.1) is 0 Å². The summed E-state index contributed by atoms with van der Waals surface area (Å²) in [5.74, 6) is 3.99. The topological polar surface area (TPSA) is 77.3 Å². The lowest BCUT2D eigenvalue weighted by molar-refractivity contribution is 1.08. The molecule has 4 aromatic heterocycles. The van der Waals surface area contributed by atoms with Gasteiger partial charge in [0.15, 0.2) is 34.9 Å². The van der Waals surface area contributed by atoms with Gasteiger partial charge in [0.25, 0.3) is 0 Å². The molecule has 4 heterocycles. The van der Waals surface area contributed by atoms with Gasteiger partial charge in [-0.05, 0) is 151 Å². The van der Waals surface area contributed by atoms with Crippen LogP contribution in [0, 0.1) is 0 Å². The monoisotopic (exact) mass is 1380 g/mol. The Morgan fingerprint density at radius 3 is 0.972 bits per heavy atom. The van der Waals surface area contributed by atoms with Gasteiger partial charge in [0.2, 0.25) is 0 Å². The third kappa shape index (κ3) is 10.4. The first kappa shape index (κ1) is 61.2. The molecular weight excluding hydrogens is 1330 g/mol. The van der Waals surface area contributed by atoms with Crippen molar-refractivity contribution in [1.82, 2.24) is 29.9 Å². The predicted octanol–water partition coefficient (Wildman–Crippen LogP) is 27.0. The van der Waals surface area contributed by atoms with Crippen molar-refractivity contribution >= 4 is 138 Å². The maximum atomic E-state index is 5.11. The van der Waals surface area contributed by atoms with E-state index >= 15 is 0 Å².